The zero-order chi connectivity index (χ0) is 29.2. The van der Waals surface area contributed by atoms with E-state index in [4.69, 9.17) is 0 Å². The molecule has 1 aliphatic heterocycles. The first kappa shape index (κ1) is 25.9. The summed E-state index contributed by atoms with van der Waals surface area (Å²) in [5.41, 5.74) is 1.28. The minimum Gasteiger partial charge on any atom is -0.364 e. The summed E-state index contributed by atoms with van der Waals surface area (Å²) in [5.74, 6) is 0.781. The number of likely N-dealkylation sites (N-methyl/N-ethyl adjacent to an activating group) is 1. The number of hydrogen-bond donors (Lipinski definition) is 2. The van der Waals surface area contributed by atoms with Gasteiger partial charge >= 0.3 is 6.03 Å². The average Bonchev–Trinajstić information content (AvgIpc) is 3.88. The van der Waals surface area contributed by atoms with E-state index in [9.17, 15) is 14.4 Å². The lowest BCUT2D eigenvalue weighted by atomic mass is 10.1. The van der Waals surface area contributed by atoms with Crippen LogP contribution in [0.2, 0.25) is 0 Å². The van der Waals surface area contributed by atoms with Gasteiger partial charge in [-0.2, -0.15) is 0 Å². The number of imide groups is 1. The Morgan fingerprint density at radius 3 is 2.67 bits per heavy atom. The Morgan fingerprint density at radius 2 is 1.93 bits per heavy atom. The highest BCUT2D eigenvalue weighted by Gasteiger charge is 2.47. The number of imidazole rings is 1. The molecule has 5 heterocycles. The summed E-state index contributed by atoms with van der Waals surface area (Å²) in [6.07, 6.45) is 7.97. The normalized spacial score (nSPS) is 20.7. The molecule has 42 heavy (non-hydrogen) atoms. The Labute approximate surface area is 239 Å². The van der Waals surface area contributed by atoms with E-state index in [2.05, 4.69) is 35.6 Å². The summed E-state index contributed by atoms with van der Waals surface area (Å²) >= 11 is 0. The van der Waals surface area contributed by atoms with Crippen LogP contribution in [0.25, 0.3) is 5.65 Å². The third kappa shape index (κ3) is 4.67. The van der Waals surface area contributed by atoms with E-state index >= 15 is 4.39 Å². The lowest BCUT2D eigenvalue weighted by Crippen LogP contribution is -2.30. The summed E-state index contributed by atoms with van der Waals surface area (Å²) < 4.78 is 16.8. The van der Waals surface area contributed by atoms with Crippen molar-refractivity contribution >= 4 is 40.8 Å². The van der Waals surface area contributed by atoms with Crippen molar-refractivity contribution in [3.8, 4) is 0 Å². The van der Waals surface area contributed by atoms with Crippen LogP contribution in [0.5, 0.6) is 0 Å². The molecule has 3 aliphatic rings. The monoisotopic (exact) mass is 570 g/mol. The first-order valence-electron chi connectivity index (χ1n) is 13.6. The number of carbonyl (C=O) groups excluding carboxylic acids is 3. The fourth-order valence-electron chi connectivity index (χ4n) is 5.18. The van der Waals surface area contributed by atoms with Crippen LogP contribution in [0.1, 0.15) is 48.0 Å². The number of carbonyl (C=O) groups is 3. The Kier molecular flexibility index (Phi) is 5.88. The highest BCUT2D eigenvalue weighted by atomic mass is 19.1. The van der Waals surface area contributed by atoms with Crippen LogP contribution >= 0.6 is 0 Å². The van der Waals surface area contributed by atoms with Crippen LogP contribution in [0.3, 0.4) is 0 Å². The molecule has 214 valence electrons. The van der Waals surface area contributed by atoms with Crippen molar-refractivity contribution in [3.63, 3.8) is 0 Å². The Morgan fingerprint density at radius 1 is 1.12 bits per heavy atom. The minimum atomic E-state index is -1.44. The predicted octanol–water partition coefficient (Wildman–Crippen LogP) is 2.93. The molecule has 0 spiro atoms. The molecule has 2 N–H and O–H groups in total. The molecular formula is C28H27FN10O3. The number of aromatic nitrogens is 6. The van der Waals surface area contributed by atoms with Gasteiger partial charge in [0.1, 0.15) is 36.0 Å². The Bertz CT molecular complexity index is 1770. The number of urea groups is 1. The second-order valence-electron chi connectivity index (χ2n) is 11.0. The maximum atomic E-state index is 15.1. The van der Waals surface area contributed by atoms with E-state index in [1.807, 2.05) is 13.0 Å². The highest BCUT2D eigenvalue weighted by molar-refractivity contribution is 6.13. The van der Waals surface area contributed by atoms with Gasteiger partial charge in [-0.1, -0.05) is 0 Å². The van der Waals surface area contributed by atoms with Gasteiger partial charge in [0.15, 0.2) is 5.65 Å². The molecule has 4 amide bonds. The van der Waals surface area contributed by atoms with Crippen molar-refractivity contribution in [1.29, 1.82) is 0 Å². The van der Waals surface area contributed by atoms with Crippen molar-refractivity contribution < 1.29 is 18.8 Å². The van der Waals surface area contributed by atoms with Crippen molar-refractivity contribution in [2.24, 2.45) is 5.92 Å². The van der Waals surface area contributed by atoms with Gasteiger partial charge in [-0.3, -0.25) is 19.4 Å². The van der Waals surface area contributed by atoms with E-state index in [1.165, 1.54) is 18.3 Å². The fraction of sp³-hybridized carbons (Fsp3) is 0.357. The molecule has 13 nitrogen and oxygen atoms in total. The largest absolute Gasteiger partial charge is 0.364 e. The number of rotatable bonds is 8. The van der Waals surface area contributed by atoms with Gasteiger partial charge in [0.2, 0.25) is 11.8 Å². The average molecular weight is 571 g/mol. The molecule has 7 rings (SSSR count). The van der Waals surface area contributed by atoms with Crippen molar-refractivity contribution in [2.45, 2.75) is 44.3 Å². The lowest BCUT2D eigenvalue weighted by molar-refractivity contribution is -0.124. The third-order valence-corrected chi connectivity index (χ3v) is 7.91. The summed E-state index contributed by atoms with van der Waals surface area (Å²) in [5, 5.41) is 6.02. The number of amides is 4. The first-order chi connectivity index (χ1) is 20.2. The molecule has 3 fully saturated rings. The zero-order valence-corrected chi connectivity index (χ0v) is 22.9. The highest BCUT2D eigenvalue weighted by Crippen LogP contribution is 2.50. The van der Waals surface area contributed by atoms with Gasteiger partial charge in [0.05, 0.1) is 17.9 Å². The zero-order valence-electron chi connectivity index (χ0n) is 22.9. The van der Waals surface area contributed by atoms with Crippen molar-refractivity contribution in [3.05, 3.63) is 65.9 Å². The fourth-order valence-corrected chi connectivity index (χ4v) is 5.18. The third-order valence-electron chi connectivity index (χ3n) is 7.91. The number of halogens is 1. The number of alkyl halides is 1. The van der Waals surface area contributed by atoms with Gasteiger partial charge in [-0.25, -0.2) is 34.1 Å². The number of anilines is 3. The number of hydrogen-bond acceptors (Lipinski definition) is 9. The standard InChI is InChI=1S/C28H27FN10O3/c1-15-3-6-30-24(34-15)18-8-19(18)26(41)36-22-9-21(32-14-33-22)31-10-17-12-38-11-16(28(29)4-5-28)7-20(25(38)35-17)39-13-23(40)37(2)27(39)42/h3,6-7,9,11-12,14,18-19H,4-5,8,10,13H2,1-2H3,(H2,31,32,33,36,41)/t18-,19-/m0/s1. The van der Waals surface area contributed by atoms with E-state index in [0.717, 1.165) is 10.6 Å². The number of aryl methyl sites for hydroxylation is 1. The van der Waals surface area contributed by atoms with Crippen LogP contribution in [0.15, 0.2) is 43.1 Å². The SMILES string of the molecule is Cc1ccnc([C@H]2C[C@@H]2C(=O)Nc2cc(NCc3cn4cc(C5(F)CC5)cc(N5CC(=O)N(C)C5=O)c4n3)ncn2)n1. The van der Waals surface area contributed by atoms with Gasteiger partial charge in [0, 0.05) is 54.8 Å². The van der Waals surface area contributed by atoms with E-state index in [1.54, 1.807) is 35.1 Å². The number of nitrogens with zero attached hydrogens (tertiary/aromatic N) is 8. The summed E-state index contributed by atoms with van der Waals surface area (Å²) in [4.78, 5) is 61.9. The van der Waals surface area contributed by atoms with Crippen LogP contribution in [-0.2, 0) is 21.8 Å². The predicted molar refractivity (Wildman–Crippen MR) is 148 cm³/mol. The van der Waals surface area contributed by atoms with Crippen LogP contribution in [-0.4, -0.2) is 65.7 Å². The molecule has 0 radical (unpaired) electrons. The number of fused-ring (bicyclic) bond motifs is 1. The molecule has 0 bridgehead atoms. The lowest BCUT2D eigenvalue weighted by Gasteiger charge is -2.18. The van der Waals surface area contributed by atoms with Gasteiger partial charge < -0.3 is 15.0 Å². The Hall–Kier alpha value is -5.01. The summed E-state index contributed by atoms with van der Waals surface area (Å²) in [6.45, 7) is 2.01. The molecule has 2 saturated carbocycles. The molecule has 4 aromatic rings. The van der Waals surface area contributed by atoms with Crippen molar-refractivity contribution in [1.82, 2.24) is 34.2 Å². The summed E-state index contributed by atoms with van der Waals surface area (Å²) in [7, 11) is 1.42. The maximum absolute atomic E-state index is 15.1. The smallest absolute Gasteiger partial charge is 0.331 e. The second kappa shape index (κ2) is 9.53. The first-order valence-corrected chi connectivity index (χ1v) is 13.6. The van der Waals surface area contributed by atoms with E-state index in [-0.39, 0.29) is 36.7 Å². The van der Waals surface area contributed by atoms with Gasteiger partial charge in [-0.15, -0.1) is 0 Å². The van der Waals surface area contributed by atoms with Crippen LogP contribution in [0.4, 0.5) is 26.5 Å². The number of nitrogens with one attached hydrogen (secondary N) is 2. The molecular weight excluding hydrogens is 543 g/mol. The molecule has 0 aromatic carbocycles. The van der Waals surface area contributed by atoms with Gasteiger partial charge in [-0.05, 0) is 38.3 Å². The Balaban J connectivity index is 1.06. The molecule has 4 aromatic heterocycles. The molecule has 2 atom stereocenters. The van der Waals surface area contributed by atoms with Crippen molar-refractivity contribution in [2.75, 3.05) is 29.1 Å². The van der Waals surface area contributed by atoms with E-state index < -0.39 is 11.7 Å². The van der Waals surface area contributed by atoms with Crippen LogP contribution in [0, 0.1) is 12.8 Å². The molecule has 14 heteroatoms. The molecule has 1 saturated heterocycles. The van der Waals surface area contributed by atoms with E-state index in [0.29, 0.717) is 59.3 Å². The maximum Gasteiger partial charge on any atom is 0.331 e. The quantitative estimate of drug-likeness (QED) is 0.305. The van der Waals surface area contributed by atoms with Crippen LogP contribution < -0.4 is 15.5 Å². The topological polar surface area (TPSA) is 151 Å². The summed E-state index contributed by atoms with van der Waals surface area (Å²) in [6, 6.07) is 4.58. The minimum absolute atomic E-state index is 0.00801. The van der Waals surface area contributed by atoms with Gasteiger partial charge in [0.25, 0.3) is 0 Å². The number of pyridine rings is 1. The molecule has 2 aliphatic carbocycles. The molecule has 0 unspecified atom stereocenters. The second-order valence-corrected chi connectivity index (χ2v) is 11.0.